The summed E-state index contributed by atoms with van der Waals surface area (Å²) in [4.78, 5) is 28.6. The predicted molar refractivity (Wildman–Crippen MR) is 114 cm³/mol. The van der Waals surface area contributed by atoms with Gasteiger partial charge in [-0.2, -0.15) is 0 Å². The summed E-state index contributed by atoms with van der Waals surface area (Å²) in [6.45, 7) is 2.30. The lowest BCUT2D eigenvalue weighted by molar-refractivity contribution is -0.139. The maximum atomic E-state index is 14.8. The van der Waals surface area contributed by atoms with Crippen molar-refractivity contribution in [3.63, 3.8) is 0 Å². The van der Waals surface area contributed by atoms with Crippen LogP contribution >= 0.6 is 0 Å². The number of carbonyl (C=O) groups is 2. The second kappa shape index (κ2) is 10.3. The zero-order valence-electron chi connectivity index (χ0n) is 18.0. The van der Waals surface area contributed by atoms with Gasteiger partial charge in [-0.3, -0.25) is 0 Å². The molecule has 8 heteroatoms. The van der Waals surface area contributed by atoms with Crippen LogP contribution in [-0.2, 0) is 19.1 Å². The lowest BCUT2D eigenvalue weighted by Crippen LogP contribution is -2.32. The number of para-hydroxylation sites is 1. The van der Waals surface area contributed by atoms with E-state index in [-0.39, 0.29) is 22.7 Å². The summed E-state index contributed by atoms with van der Waals surface area (Å²) in [5.41, 5.74) is 0.189. The van der Waals surface area contributed by atoms with E-state index in [0.717, 1.165) is 25.9 Å². The fourth-order valence-electron chi connectivity index (χ4n) is 3.61. The van der Waals surface area contributed by atoms with Crippen molar-refractivity contribution < 1.29 is 28.2 Å². The Hall–Kier alpha value is -3.13. The highest BCUT2D eigenvalue weighted by atomic mass is 19.1. The van der Waals surface area contributed by atoms with E-state index >= 15 is 0 Å². The molecule has 0 aliphatic carbocycles. The Balaban J connectivity index is 1.99. The second-order valence-electron chi connectivity index (χ2n) is 7.46. The van der Waals surface area contributed by atoms with Gasteiger partial charge >= 0.3 is 11.9 Å². The van der Waals surface area contributed by atoms with E-state index < -0.39 is 17.8 Å². The highest BCUT2D eigenvalue weighted by Gasteiger charge is 2.30. The average Bonchev–Trinajstić information content (AvgIpc) is 3.01. The first kappa shape index (κ1) is 22.6. The highest BCUT2D eigenvalue weighted by molar-refractivity contribution is 6.05. The van der Waals surface area contributed by atoms with Gasteiger partial charge in [-0.1, -0.05) is 12.1 Å². The molecule has 1 aromatic carbocycles. The van der Waals surface area contributed by atoms with Gasteiger partial charge in [-0.25, -0.2) is 14.0 Å². The second-order valence-corrected chi connectivity index (χ2v) is 7.46. The van der Waals surface area contributed by atoms with E-state index in [1.807, 2.05) is 0 Å². The standard InChI is InChI=1S/C23H27FN2O5/c1-25-13-10-16(11-14-25)15-31-21-18(24)8-6-9-19(21)26-12-5-4-7-17(22(27)29-2)20(26)23(28)30-3/h4-9,12,16H,10-11,13-15H2,1-3H3. The molecule has 7 nitrogen and oxygen atoms in total. The van der Waals surface area contributed by atoms with Gasteiger partial charge in [-0.05, 0) is 63.2 Å². The largest absolute Gasteiger partial charge is 0.488 e. The number of allylic oxidation sites excluding steroid dienone is 2. The smallest absolute Gasteiger partial charge is 0.355 e. The summed E-state index contributed by atoms with van der Waals surface area (Å²) in [5.74, 6) is -1.71. The SMILES string of the molecule is COC(=O)C1=C(C(=O)OC)N(c2cccc(F)c2OCC2CCN(C)CC2)C=CC=C1. The number of carbonyl (C=O) groups excluding carboxylic acids is 2. The number of piperidine rings is 1. The molecule has 0 atom stereocenters. The first-order valence-corrected chi connectivity index (χ1v) is 10.1. The quantitative estimate of drug-likeness (QED) is 0.643. The lowest BCUT2D eigenvalue weighted by atomic mass is 9.98. The maximum Gasteiger partial charge on any atom is 0.355 e. The Morgan fingerprint density at radius 3 is 2.48 bits per heavy atom. The van der Waals surface area contributed by atoms with Crippen molar-refractivity contribution in [3.8, 4) is 5.75 Å². The van der Waals surface area contributed by atoms with E-state index in [1.54, 1.807) is 24.4 Å². The summed E-state index contributed by atoms with van der Waals surface area (Å²) in [6, 6.07) is 4.45. The summed E-state index contributed by atoms with van der Waals surface area (Å²) in [5, 5.41) is 0. The van der Waals surface area contributed by atoms with Crippen molar-refractivity contribution >= 4 is 17.6 Å². The molecule has 166 valence electrons. The molecule has 0 aromatic heterocycles. The Labute approximate surface area is 181 Å². The Bertz CT molecular complexity index is 917. The van der Waals surface area contributed by atoms with Crippen LogP contribution in [0.25, 0.3) is 0 Å². The normalized spacial score (nSPS) is 17.5. The topological polar surface area (TPSA) is 68.3 Å². The zero-order chi connectivity index (χ0) is 22.4. The Morgan fingerprint density at radius 2 is 1.81 bits per heavy atom. The number of rotatable bonds is 6. The summed E-state index contributed by atoms with van der Waals surface area (Å²) in [7, 11) is 4.51. The number of esters is 2. The van der Waals surface area contributed by atoms with Gasteiger partial charge < -0.3 is 24.0 Å². The minimum absolute atomic E-state index is 0.00937. The average molecular weight is 430 g/mol. The van der Waals surface area contributed by atoms with E-state index in [2.05, 4.69) is 11.9 Å². The third-order valence-electron chi connectivity index (χ3n) is 5.40. The lowest BCUT2D eigenvalue weighted by Gasteiger charge is -2.30. The van der Waals surface area contributed by atoms with Gasteiger partial charge in [0.15, 0.2) is 11.6 Å². The number of likely N-dealkylation sites (tertiary alicyclic amines) is 1. The fraction of sp³-hybridized carbons (Fsp3) is 0.391. The zero-order valence-corrected chi connectivity index (χ0v) is 18.0. The molecule has 2 aliphatic rings. The third-order valence-corrected chi connectivity index (χ3v) is 5.40. The first-order valence-electron chi connectivity index (χ1n) is 10.1. The molecule has 3 rings (SSSR count). The monoisotopic (exact) mass is 430 g/mol. The number of benzene rings is 1. The van der Waals surface area contributed by atoms with Crippen molar-refractivity contribution in [2.45, 2.75) is 12.8 Å². The van der Waals surface area contributed by atoms with E-state index in [0.29, 0.717) is 12.5 Å². The van der Waals surface area contributed by atoms with Crippen LogP contribution in [0.2, 0.25) is 0 Å². The molecule has 0 radical (unpaired) electrons. The van der Waals surface area contributed by atoms with Gasteiger partial charge in [0.1, 0.15) is 5.70 Å². The molecule has 2 aliphatic heterocycles. The first-order chi connectivity index (χ1) is 15.0. The number of hydrogen-bond donors (Lipinski definition) is 0. The number of anilines is 1. The molecule has 0 spiro atoms. The van der Waals surface area contributed by atoms with Crippen molar-refractivity contribution in [1.29, 1.82) is 0 Å². The van der Waals surface area contributed by atoms with Crippen LogP contribution in [0.3, 0.4) is 0 Å². The molecular formula is C23H27FN2O5. The molecule has 0 bridgehead atoms. The highest BCUT2D eigenvalue weighted by Crippen LogP contribution is 2.36. The van der Waals surface area contributed by atoms with Crippen LogP contribution in [-0.4, -0.2) is 57.8 Å². The molecule has 1 saturated heterocycles. The molecule has 2 heterocycles. The van der Waals surface area contributed by atoms with Crippen LogP contribution in [0.1, 0.15) is 12.8 Å². The van der Waals surface area contributed by atoms with Gasteiger partial charge in [-0.15, -0.1) is 0 Å². The van der Waals surface area contributed by atoms with Gasteiger partial charge in [0.05, 0.1) is 32.1 Å². The molecule has 0 amide bonds. The number of halogens is 1. The minimum Gasteiger partial charge on any atom is -0.488 e. The van der Waals surface area contributed by atoms with E-state index in [1.165, 1.54) is 37.3 Å². The maximum absolute atomic E-state index is 14.8. The van der Waals surface area contributed by atoms with Crippen LogP contribution in [0.4, 0.5) is 10.1 Å². The molecular weight excluding hydrogens is 403 g/mol. The van der Waals surface area contributed by atoms with Crippen LogP contribution in [0.5, 0.6) is 5.75 Å². The molecule has 31 heavy (non-hydrogen) atoms. The van der Waals surface area contributed by atoms with Gasteiger partial charge in [0, 0.05) is 6.20 Å². The summed E-state index contributed by atoms with van der Waals surface area (Å²) < 4.78 is 30.5. The molecule has 0 saturated carbocycles. The molecule has 0 N–H and O–H groups in total. The minimum atomic E-state index is -0.762. The third kappa shape index (κ3) is 5.14. The van der Waals surface area contributed by atoms with E-state index in [4.69, 9.17) is 14.2 Å². The molecule has 0 unspecified atom stereocenters. The predicted octanol–water partition coefficient (Wildman–Crippen LogP) is 3.04. The van der Waals surface area contributed by atoms with Crippen LogP contribution in [0.15, 0.2) is 53.9 Å². The Morgan fingerprint density at radius 1 is 1.10 bits per heavy atom. The van der Waals surface area contributed by atoms with Crippen LogP contribution in [0, 0.1) is 11.7 Å². The van der Waals surface area contributed by atoms with Crippen molar-refractivity contribution in [3.05, 3.63) is 59.7 Å². The van der Waals surface area contributed by atoms with Crippen molar-refractivity contribution in [2.75, 3.05) is 45.9 Å². The number of hydrogen-bond acceptors (Lipinski definition) is 7. The van der Waals surface area contributed by atoms with E-state index in [9.17, 15) is 14.0 Å². The van der Waals surface area contributed by atoms with Crippen molar-refractivity contribution in [1.82, 2.24) is 4.90 Å². The number of nitrogens with zero attached hydrogens (tertiary/aromatic N) is 2. The summed E-state index contributed by atoms with van der Waals surface area (Å²) in [6.07, 6.45) is 8.15. The Kier molecular flexibility index (Phi) is 7.46. The number of ether oxygens (including phenoxy) is 3. The van der Waals surface area contributed by atoms with Gasteiger partial charge in [0.2, 0.25) is 0 Å². The number of methoxy groups -OCH3 is 2. The van der Waals surface area contributed by atoms with Crippen LogP contribution < -0.4 is 9.64 Å². The fourth-order valence-corrected chi connectivity index (χ4v) is 3.61. The molecule has 1 aromatic rings. The molecule has 1 fully saturated rings. The van der Waals surface area contributed by atoms with Gasteiger partial charge in [0.25, 0.3) is 0 Å². The van der Waals surface area contributed by atoms with Crippen molar-refractivity contribution in [2.24, 2.45) is 5.92 Å². The summed E-state index contributed by atoms with van der Waals surface area (Å²) >= 11 is 0.